The van der Waals surface area contributed by atoms with E-state index in [4.69, 9.17) is 5.73 Å². The number of nitrogens with zero attached hydrogens (tertiary/aromatic N) is 1. The van der Waals surface area contributed by atoms with Gasteiger partial charge in [0.05, 0.1) is 0 Å². The third-order valence-electron chi connectivity index (χ3n) is 2.23. The molecule has 0 saturated carbocycles. The Labute approximate surface area is 84.5 Å². The number of carbonyl (C=O) groups excluding carboxylic acids is 1. The molecular formula is C11H16N2O. The van der Waals surface area contributed by atoms with Crippen molar-refractivity contribution >= 4 is 11.6 Å². The normalized spacial score (nSPS) is 9.93. The summed E-state index contributed by atoms with van der Waals surface area (Å²) in [6.45, 7) is 2.09. The first-order valence-corrected chi connectivity index (χ1v) is 4.66. The second kappa shape index (κ2) is 4.13. The van der Waals surface area contributed by atoms with Crippen LogP contribution in [0.5, 0.6) is 0 Å². The lowest BCUT2D eigenvalue weighted by molar-refractivity contribution is 0.100. The van der Waals surface area contributed by atoms with Crippen LogP contribution in [0.25, 0.3) is 0 Å². The third-order valence-corrected chi connectivity index (χ3v) is 2.23. The fourth-order valence-electron chi connectivity index (χ4n) is 1.43. The number of aryl methyl sites for hydroxylation is 1. The number of nitrogens with two attached hydrogens (primary N) is 1. The number of amides is 1. The zero-order chi connectivity index (χ0) is 10.7. The molecule has 0 unspecified atom stereocenters. The zero-order valence-corrected chi connectivity index (χ0v) is 8.87. The molecule has 0 spiro atoms. The van der Waals surface area contributed by atoms with Crippen molar-refractivity contribution in [1.82, 2.24) is 0 Å². The second-order valence-electron chi connectivity index (χ2n) is 3.46. The molecule has 0 aliphatic rings. The van der Waals surface area contributed by atoms with Crippen molar-refractivity contribution in [3.63, 3.8) is 0 Å². The fraction of sp³-hybridized carbons (Fsp3) is 0.364. The van der Waals surface area contributed by atoms with Gasteiger partial charge < -0.3 is 10.6 Å². The van der Waals surface area contributed by atoms with Crippen LogP contribution in [0.1, 0.15) is 22.8 Å². The van der Waals surface area contributed by atoms with E-state index in [0.717, 1.165) is 12.1 Å². The lowest BCUT2D eigenvalue weighted by Gasteiger charge is -2.17. The van der Waals surface area contributed by atoms with Gasteiger partial charge >= 0.3 is 0 Å². The average Bonchev–Trinajstić information content (AvgIpc) is 2.16. The highest BCUT2D eigenvalue weighted by Crippen LogP contribution is 2.20. The molecule has 0 fully saturated rings. The maximum Gasteiger partial charge on any atom is 0.248 e. The van der Waals surface area contributed by atoms with E-state index in [1.807, 2.05) is 31.1 Å². The number of benzene rings is 1. The molecule has 0 atom stereocenters. The molecule has 0 heterocycles. The molecule has 14 heavy (non-hydrogen) atoms. The summed E-state index contributed by atoms with van der Waals surface area (Å²) in [7, 11) is 3.92. The Morgan fingerprint density at radius 3 is 2.50 bits per heavy atom. The summed E-state index contributed by atoms with van der Waals surface area (Å²) < 4.78 is 0. The fourth-order valence-corrected chi connectivity index (χ4v) is 1.43. The maximum atomic E-state index is 11.0. The van der Waals surface area contributed by atoms with E-state index >= 15 is 0 Å². The van der Waals surface area contributed by atoms with E-state index in [1.54, 1.807) is 6.07 Å². The van der Waals surface area contributed by atoms with Crippen LogP contribution in [0.4, 0.5) is 5.69 Å². The minimum absolute atomic E-state index is 0.379. The average molecular weight is 192 g/mol. The standard InChI is InChI=1S/C11H16N2O/c1-4-8-5-6-9(11(12)14)7-10(8)13(2)3/h5-7H,4H2,1-3H3,(H2,12,14). The molecule has 1 rings (SSSR count). The summed E-state index contributed by atoms with van der Waals surface area (Å²) in [4.78, 5) is 13.0. The van der Waals surface area contributed by atoms with Crippen molar-refractivity contribution in [2.45, 2.75) is 13.3 Å². The molecule has 3 nitrogen and oxygen atoms in total. The minimum Gasteiger partial charge on any atom is -0.377 e. The summed E-state index contributed by atoms with van der Waals surface area (Å²) in [6, 6.07) is 5.56. The summed E-state index contributed by atoms with van der Waals surface area (Å²) in [6.07, 6.45) is 0.951. The van der Waals surface area contributed by atoms with E-state index < -0.39 is 0 Å². The van der Waals surface area contributed by atoms with E-state index in [-0.39, 0.29) is 5.91 Å². The van der Waals surface area contributed by atoms with Crippen molar-refractivity contribution in [2.75, 3.05) is 19.0 Å². The van der Waals surface area contributed by atoms with Crippen LogP contribution in [0.15, 0.2) is 18.2 Å². The first kappa shape index (κ1) is 10.6. The summed E-state index contributed by atoms with van der Waals surface area (Å²) >= 11 is 0. The minimum atomic E-state index is -0.379. The molecule has 0 saturated heterocycles. The van der Waals surface area contributed by atoms with Gasteiger partial charge in [-0.05, 0) is 24.1 Å². The van der Waals surface area contributed by atoms with Gasteiger partial charge in [-0.2, -0.15) is 0 Å². The topological polar surface area (TPSA) is 46.3 Å². The van der Waals surface area contributed by atoms with Crippen molar-refractivity contribution in [2.24, 2.45) is 5.73 Å². The van der Waals surface area contributed by atoms with Gasteiger partial charge in [0.2, 0.25) is 5.91 Å². The molecule has 0 radical (unpaired) electrons. The lowest BCUT2D eigenvalue weighted by Crippen LogP contribution is -2.15. The third kappa shape index (κ3) is 2.05. The highest BCUT2D eigenvalue weighted by Gasteiger charge is 2.07. The number of anilines is 1. The Hall–Kier alpha value is -1.51. The summed E-state index contributed by atoms with van der Waals surface area (Å²) in [5.41, 5.74) is 8.06. The molecule has 0 bridgehead atoms. The number of hydrogen-bond acceptors (Lipinski definition) is 2. The molecule has 1 aromatic carbocycles. The smallest absolute Gasteiger partial charge is 0.248 e. The number of carbonyl (C=O) groups is 1. The lowest BCUT2D eigenvalue weighted by atomic mass is 10.1. The predicted molar refractivity (Wildman–Crippen MR) is 58.7 cm³/mol. The van der Waals surface area contributed by atoms with Gasteiger partial charge in [0.15, 0.2) is 0 Å². The summed E-state index contributed by atoms with van der Waals surface area (Å²) in [5, 5.41) is 0. The monoisotopic (exact) mass is 192 g/mol. The number of rotatable bonds is 3. The van der Waals surface area contributed by atoms with Crippen LogP contribution in [0, 0.1) is 0 Å². The molecule has 3 heteroatoms. The molecule has 0 aliphatic heterocycles. The molecule has 1 aromatic rings. The van der Waals surface area contributed by atoms with E-state index in [1.165, 1.54) is 5.56 Å². The van der Waals surface area contributed by atoms with Crippen LogP contribution in [0.2, 0.25) is 0 Å². The van der Waals surface area contributed by atoms with Crippen molar-refractivity contribution in [1.29, 1.82) is 0 Å². The van der Waals surface area contributed by atoms with Crippen molar-refractivity contribution < 1.29 is 4.79 Å². The van der Waals surface area contributed by atoms with E-state index in [2.05, 4.69) is 6.92 Å². The van der Waals surface area contributed by atoms with Gasteiger partial charge in [-0.15, -0.1) is 0 Å². The molecule has 1 amide bonds. The summed E-state index contributed by atoms with van der Waals surface area (Å²) in [5.74, 6) is -0.379. The van der Waals surface area contributed by atoms with E-state index in [0.29, 0.717) is 5.56 Å². The van der Waals surface area contributed by atoms with Crippen molar-refractivity contribution in [3.05, 3.63) is 29.3 Å². The van der Waals surface area contributed by atoms with E-state index in [9.17, 15) is 4.79 Å². The Bertz CT molecular complexity index is 345. The van der Waals surface area contributed by atoms with Crippen LogP contribution in [-0.4, -0.2) is 20.0 Å². The Morgan fingerprint density at radius 2 is 2.07 bits per heavy atom. The van der Waals surface area contributed by atoms with Crippen LogP contribution < -0.4 is 10.6 Å². The van der Waals surface area contributed by atoms with Crippen LogP contribution >= 0.6 is 0 Å². The quantitative estimate of drug-likeness (QED) is 0.787. The highest BCUT2D eigenvalue weighted by atomic mass is 16.1. The van der Waals surface area contributed by atoms with Gasteiger partial charge in [-0.1, -0.05) is 13.0 Å². The maximum absolute atomic E-state index is 11.0. The molecule has 2 N–H and O–H groups in total. The Morgan fingerprint density at radius 1 is 1.43 bits per heavy atom. The second-order valence-corrected chi connectivity index (χ2v) is 3.46. The first-order chi connectivity index (χ1) is 6.56. The number of hydrogen-bond donors (Lipinski definition) is 1. The van der Waals surface area contributed by atoms with Gasteiger partial charge in [-0.25, -0.2) is 0 Å². The van der Waals surface area contributed by atoms with Gasteiger partial charge in [-0.3, -0.25) is 4.79 Å². The molecule has 0 aliphatic carbocycles. The van der Waals surface area contributed by atoms with Crippen LogP contribution in [-0.2, 0) is 6.42 Å². The van der Waals surface area contributed by atoms with Crippen LogP contribution in [0.3, 0.4) is 0 Å². The number of primary amides is 1. The Kier molecular flexibility index (Phi) is 3.12. The van der Waals surface area contributed by atoms with Crippen molar-refractivity contribution in [3.8, 4) is 0 Å². The first-order valence-electron chi connectivity index (χ1n) is 4.66. The van der Waals surface area contributed by atoms with Gasteiger partial charge in [0, 0.05) is 25.3 Å². The SMILES string of the molecule is CCc1ccc(C(N)=O)cc1N(C)C. The zero-order valence-electron chi connectivity index (χ0n) is 8.87. The Balaban J connectivity index is 3.20. The van der Waals surface area contributed by atoms with Gasteiger partial charge in [0.1, 0.15) is 0 Å². The molecule has 0 aromatic heterocycles. The highest BCUT2D eigenvalue weighted by molar-refractivity contribution is 5.94. The predicted octanol–water partition coefficient (Wildman–Crippen LogP) is 1.41. The molecular weight excluding hydrogens is 176 g/mol. The largest absolute Gasteiger partial charge is 0.377 e. The van der Waals surface area contributed by atoms with Gasteiger partial charge in [0.25, 0.3) is 0 Å². The molecule has 76 valence electrons.